The van der Waals surface area contributed by atoms with Gasteiger partial charge in [-0.15, -0.1) is 0 Å². The Morgan fingerprint density at radius 2 is 1.89 bits per heavy atom. The van der Waals surface area contributed by atoms with Crippen LogP contribution in [-0.2, 0) is 10.8 Å². The first-order valence-corrected chi connectivity index (χ1v) is 7.12. The van der Waals surface area contributed by atoms with Gasteiger partial charge in [0.05, 0.1) is 11.1 Å². The minimum atomic E-state index is -1.08. The number of hydrogen-bond donors (Lipinski definition) is 1. The Balaban J connectivity index is 2.31. The van der Waals surface area contributed by atoms with Crippen LogP contribution in [0.5, 0.6) is 0 Å². The van der Waals surface area contributed by atoms with Gasteiger partial charge in [0.2, 0.25) is 0 Å². The highest BCUT2D eigenvalue weighted by molar-refractivity contribution is 7.84. The molecule has 2 atom stereocenters. The molecule has 2 N–H and O–H groups in total. The van der Waals surface area contributed by atoms with Gasteiger partial charge in [0.1, 0.15) is 0 Å². The van der Waals surface area contributed by atoms with E-state index in [0.717, 1.165) is 4.90 Å². The van der Waals surface area contributed by atoms with Crippen LogP contribution in [0.3, 0.4) is 0 Å². The third-order valence-electron chi connectivity index (χ3n) is 3.00. The van der Waals surface area contributed by atoms with E-state index in [4.69, 9.17) is 5.73 Å². The topological polar surface area (TPSA) is 80.5 Å². The molecule has 0 fully saturated rings. The Morgan fingerprint density at radius 3 is 2.50 bits per heavy atom. The Hall–Kier alpha value is -1.69. The van der Waals surface area contributed by atoms with Gasteiger partial charge in [0.25, 0.3) is 11.8 Å². The lowest BCUT2D eigenvalue weighted by Gasteiger charge is -2.17. The fourth-order valence-electron chi connectivity index (χ4n) is 1.84. The number of rotatable bonds is 3. The number of benzene rings is 1. The Labute approximate surface area is 107 Å². The molecule has 1 aromatic carbocycles. The van der Waals surface area contributed by atoms with E-state index in [0.29, 0.717) is 16.8 Å². The molecule has 0 aliphatic carbocycles. The maximum absolute atomic E-state index is 12.1. The van der Waals surface area contributed by atoms with E-state index < -0.39 is 10.8 Å². The molecule has 5 nitrogen and oxygen atoms in total. The molecule has 96 valence electrons. The lowest BCUT2D eigenvalue weighted by atomic mass is 10.1. The number of nitrogens with two attached hydrogens (primary N) is 1. The molecule has 1 heterocycles. The molecule has 0 saturated carbocycles. The summed E-state index contributed by atoms with van der Waals surface area (Å²) in [5.74, 6) is -0.702. The van der Waals surface area contributed by atoms with Crippen molar-refractivity contribution in [3.05, 3.63) is 29.3 Å². The molecule has 0 spiro atoms. The Morgan fingerprint density at radius 1 is 1.28 bits per heavy atom. The lowest BCUT2D eigenvalue weighted by Crippen LogP contribution is -2.37. The summed E-state index contributed by atoms with van der Waals surface area (Å²) in [6.07, 6.45) is 1.56. The maximum Gasteiger partial charge on any atom is 0.261 e. The van der Waals surface area contributed by atoms with Gasteiger partial charge in [-0.1, -0.05) is 0 Å². The van der Waals surface area contributed by atoms with Gasteiger partial charge in [-0.3, -0.25) is 18.7 Å². The normalized spacial score (nSPS) is 17.8. The molecular formula is C12H14N2O3S. The largest absolute Gasteiger partial charge is 0.399 e. The molecule has 1 aliphatic rings. The van der Waals surface area contributed by atoms with Crippen LogP contribution in [0.25, 0.3) is 0 Å². The summed E-state index contributed by atoms with van der Waals surface area (Å²) in [6.45, 7) is 1.91. The van der Waals surface area contributed by atoms with Gasteiger partial charge in [-0.05, 0) is 25.1 Å². The van der Waals surface area contributed by atoms with E-state index in [2.05, 4.69) is 0 Å². The monoisotopic (exact) mass is 266 g/mol. The van der Waals surface area contributed by atoms with Crippen LogP contribution in [0, 0.1) is 0 Å². The summed E-state index contributed by atoms with van der Waals surface area (Å²) in [5, 5.41) is -0.246. The maximum atomic E-state index is 12.1. The molecule has 1 aliphatic heterocycles. The van der Waals surface area contributed by atoms with Gasteiger partial charge < -0.3 is 5.73 Å². The standard InChI is InChI=1S/C12H14N2O3S/c1-7(18(2)17)6-14-11(15)9-4-3-8(13)5-10(9)12(14)16/h3-5,7H,6,13H2,1-2H3. The first kappa shape index (κ1) is 12.8. The first-order chi connectivity index (χ1) is 8.41. The summed E-state index contributed by atoms with van der Waals surface area (Å²) in [7, 11) is -1.08. The molecule has 0 aromatic heterocycles. The zero-order valence-electron chi connectivity index (χ0n) is 10.2. The van der Waals surface area contributed by atoms with Crippen molar-refractivity contribution in [3.8, 4) is 0 Å². The summed E-state index contributed by atoms with van der Waals surface area (Å²) in [5.41, 5.74) is 6.74. The summed E-state index contributed by atoms with van der Waals surface area (Å²) >= 11 is 0. The van der Waals surface area contributed by atoms with Crippen molar-refractivity contribution in [2.45, 2.75) is 12.2 Å². The van der Waals surface area contributed by atoms with Crippen LogP contribution in [0.2, 0.25) is 0 Å². The van der Waals surface area contributed by atoms with Crippen LogP contribution in [-0.4, -0.2) is 39.0 Å². The summed E-state index contributed by atoms with van der Waals surface area (Å²) < 4.78 is 11.3. The van der Waals surface area contributed by atoms with E-state index in [1.54, 1.807) is 25.3 Å². The molecule has 2 unspecified atom stereocenters. The summed E-state index contributed by atoms with van der Waals surface area (Å²) in [4.78, 5) is 25.2. The molecule has 0 radical (unpaired) electrons. The molecule has 6 heteroatoms. The quantitative estimate of drug-likeness (QED) is 0.643. The van der Waals surface area contributed by atoms with Crippen LogP contribution in [0.15, 0.2) is 18.2 Å². The average molecular weight is 266 g/mol. The van der Waals surface area contributed by atoms with Gasteiger partial charge in [-0.2, -0.15) is 0 Å². The molecule has 2 amide bonds. The van der Waals surface area contributed by atoms with Crippen molar-refractivity contribution in [1.29, 1.82) is 0 Å². The van der Waals surface area contributed by atoms with E-state index in [9.17, 15) is 13.8 Å². The number of hydrogen-bond acceptors (Lipinski definition) is 4. The average Bonchev–Trinajstić information content (AvgIpc) is 2.54. The van der Waals surface area contributed by atoms with Gasteiger partial charge in [-0.25, -0.2) is 0 Å². The predicted octanol–water partition coefficient (Wildman–Crippen LogP) is 0.632. The highest BCUT2D eigenvalue weighted by atomic mass is 32.2. The van der Waals surface area contributed by atoms with Gasteiger partial charge in [0, 0.05) is 34.5 Å². The number of nitrogen functional groups attached to an aromatic ring is 1. The molecule has 0 saturated heterocycles. The lowest BCUT2D eigenvalue weighted by molar-refractivity contribution is 0.0656. The number of nitrogens with zero attached hydrogens (tertiary/aromatic N) is 1. The van der Waals surface area contributed by atoms with Crippen LogP contribution in [0.1, 0.15) is 27.6 Å². The van der Waals surface area contributed by atoms with Crippen LogP contribution >= 0.6 is 0 Å². The number of amides is 2. The third-order valence-corrected chi connectivity index (χ3v) is 4.28. The number of imide groups is 1. The van der Waals surface area contributed by atoms with Crippen molar-refractivity contribution in [2.75, 3.05) is 18.5 Å². The van der Waals surface area contributed by atoms with Crippen molar-refractivity contribution >= 4 is 28.3 Å². The van der Waals surface area contributed by atoms with Crippen molar-refractivity contribution < 1.29 is 13.8 Å². The Kier molecular flexibility index (Phi) is 3.21. The zero-order valence-corrected chi connectivity index (χ0v) is 11.0. The highest BCUT2D eigenvalue weighted by Crippen LogP contribution is 2.25. The van der Waals surface area contributed by atoms with E-state index in [1.807, 2.05) is 0 Å². The third kappa shape index (κ3) is 2.03. The van der Waals surface area contributed by atoms with Crippen molar-refractivity contribution in [2.24, 2.45) is 0 Å². The van der Waals surface area contributed by atoms with E-state index >= 15 is 0 Å². The van der Waals surface area contributed by atoms with Crippen LogP contribution < -0.4 is 5.73 Å². The molecular weight excluding hydrogens is 252 g/mol. The fraction of sp³-hybridized carbons (Fsp3) is 0.333. The SMILES string of the molecule is CC(CN1C(=O)c2ccc(N)cc2C1=O)S(C)=O. The smallest absolute Gasteiger partial charge is 0.261 e. The second-order valence-electron chi connectivity index (χ2n) is 4.34. The van der Waals surface area contributed by atoms with Crippen molar-refractivity contribution in [1.82, 2.24) is 4.90 Å². The molecule has 18 heavy (non-hydrogen) atoms. The predicted molar refractivity (Wildman–Crippen MR) is 69.7 cm³/mol. The number of fused-ring (bicyclic) bond motifs is 1. The highest BCUT2D eigenvalue weighted by Gasteiger charge is 2.36. The number of anilines is 1. The minimum absolute atomic E-state index is 0.162. The minimum Gasteiger partial charge on any atom is -0.399 e. The second kappa shape index (κ2) is 4.53. The number of carbonyl (C=O) groups is 2. The number of carbonyl (C=O) groups excluding carboxylic acids is 2. The van der Waals surface area contributed by atoms with Crippen LogP contribution in [0.4, 0.5) is 5.69 Å². The molecule has 2 rings (SSSR count). The molecule has 1 aromatic rings. The zero-order chi connectivity index (χ0) is 13.4. The molecule has 0 bridgehead atoms. The van der Waals surface area contributed by atoms with Crippen molar-refractivity contribution in [3.63, 3.8) is 0 Å². The first-order valence-electron chi connectivity index (χ1n) is 5.49. The fourth-order valence-corrected chi connectivity index (χ4v) is 2.20. The Bertz CT molecular complexity index is 556. The summed E-state index contributed by atoms with van der Waals surface area (Å²) in [6, 6.07) is 4.65. The van der Waals surface area contributed by atoms with E-state index in [1.165, 1.54) is 6.07 Å². The van der Waals surface area contributed by atoms with Gasteiger partial charge in [0.15, 0.2) is 0 Å². The second-order valence-corrected chi connectivity index (χ2v) is 6.14. The van der Waals surface area contributed by atoms with E-state index in [-0.39, 0.29) is 23.6 Å². The van der Waals surface area contributed by atoms with Gasteiger partial charge >= 0.3 is 0 Å².